The van der Waals surface area contributed by atoms with Gasteiger partial charge in [-0.15, -0.1) is 11.3 Å². The third kappa shape index (κ3) is 2.69. The zero-order valence-electron chi connectivity index (χ0n) is 10.4. The maximum absolute atomic E-state index is 12.0. The van der Waals surface area contributed by atoms with Gasteiger partial charge in [-0.05, 0) is 49.9 Å². The highest BCUT2D eigenvalue weighted by molar-refractivity contribution is 7.10. The maximum atomic E-state index is 12.0. The van der Waals surface area contributed by atoms with Gasteiger partial charge in [0.15, 0.2) is 0 Å². The minimum Gasteiger partial charge on any atom is -0.468 e. The van der Waals surface area contributed by atoms with Gasteiger partial charge in [0.25, 0.3) is 0 Å². The molecule has 1 saturated heterocycles. The van der Waals surface area contributed by atoms with Crippen LogP contribution in [0, 0.1) is 6.92 Å². The predicted molar refractivity (Wildman–Crippen MR) is 69.2 cm³/mol. The lowest BCUT2D eigenvalue weighted by Gasteiger charge is -2.32. The van der Waals surface area contributed by atoms with Crippen LogP contribution in [0.3, 0.4) is 0 Å². The van der Waals surface area contributed by atoms with Crippen LogP contribution in [-0.2, 0) is 9.53 Å². The van der Waals surface area contributed by atoms with Gasteiger partial charge in [-0.25, -0.2) is 4.79 Å². The highest BCUT2D eigenvalue weighted by Gasteiger charge is 2.31. The van der Waals surface area contributed by atoms with Crippen molar-refractivity contribution in [3.8, 4) is 0 Å². The van der Waals surface area contributed by atoms with Gasteiger partial charge in [-0.2, -0.15) is 0 Å². The molecular weight excluding hydrogens is 234 g/mol. The van der Waals surface area contributed by atoms with Gasteiger partial charge in [0, 0.05) is 4.88 Å². The van der Waals surface area contributed by atoms with E-state index in [0.717, 1.165) is 18.0 Å². The molecule has 2 heterocycles. The van der Waals surface area contributed by atoms with Gasteiger partial charge in [0.1, 0.15) is 6.04 Å². The molecule has 1 aromatic rings. The van der Waals surface area contributed by atoms with Crippen LogP contribution in [0.2, 0.25) is 0 Å². The first-order chi connectivity index (χ1) is 8.24. The lowest BCUT2D eigenvalue weighted by atomic mass is 10.1. The molecule has 1 aromatic heterocycles. The number of aryl methyl sites for hydroxylation is 1. The molecule has 2 rings (SSSR count). The Balaban J connectivity index is 2.24. The van der Waals surface area contributed by atoms with E-state index >= 15 is 0 Å². The third-order valence-electron chi connectivity index (χ3n) is 3.33. The molecule has 0 saturated carbocycles. The van der Waals surface area contributed by atoms with Gasteiger partial charge < -0.3 is 4.74 Å². The first-order valence-electron chi connectivity index (χ1n) is 6.10. The second-order valence-corrected chi connectivity index (χ2v) is 5.44. The van der Waals surface area contributed by atoms with Crippen molar-refractivity contribution < 1.29 is 9.53 Å². The van der Waals surface area contributed by atoms with E-state index < -0.39 is 0 Å². The highest BCUT2D eigenvalue weighted by atomic mass is 32.1. The molecule has 1 fully saturated rings. The van der Waals surface area contributed by atoms with E-state index in [2.05, 4.69) is 17.9 Å². The Morgan fingerprint density at radius 1 is 1.41 bits per heavy atom. The first-order valence-corrected chi connectivity index (χ1v) is 6.98. The van der Waals surface area contributed by atoms with Gasteiger partial charge in [0.05, 0.1) is 7.11 Å². The molecule has 0 bridgehead atoms. The molecule has 0 N–H and O–H groups in total. The molecule has 1 aliphatic heterocycles. The molecule has 0 radical (unpaired) electrons. The fourth-order valence-electron chi connectivity index (χ4n) is 2.37. The number of carbonyl (C=O) groups excluding carboxylic acids is 1. The number of nitrogens with zero attached hydrogens (tertiary/aromatic N) is 1. The number of carbonyl (C=O) groups is 1. The number of hydrogen-bond donors (Lipinski definition) is 0. The zero-order chi connectivity index (χ0) is 12.3. The Hall–Kier alpha value is -0.870. The van der Waals surface area contributed by atoms with Crippen molar-refractivity contribution in [1.82, 2.24) is 4.90 Å². The van der Waals surface area contributed by atoms with Gasteiger partial charge in [0.2, 0.25) is 0 Å². The molecule has 0 amide bonds. The number of thiophene rings is 1. The summed E-state index contributed by atoms with van der Waals surface area (Å²) in [5.74, 6) is -0.127. The van der Waals surface area contributed by atoms with Crippen LogP contribution >= 0.6 is 11.3 Å². The number of methoxy groups -OCH3 is 1. The van der Waals surface area contributed by atoms with Crippen LogP contribution in [0.1, 0.15) is 35.7 Å². The second-order valence-electron chi connectivity index (χ2n) is 4.49. The van der Waals surface area contributed by atoms with Crippen LogP contribution in [0.15, 0.2) is 11.4 Å². The van der Waals surface area contributed by atoms with E-state index in [1.165, 1.54) is 31.9 Å². The van der Waals surface area contributed by atoms with Crippen molar-refractivity contribution >= 4 is 17.3 Å². The Kier molecular flexibility index (Phi) is 4.18. The molecule has 1 atom stereocenters. The quantitative estimate of drug-likeness (QED) is 0.776. The molecule has 0 aliphatic carbocycles. The molecule has 4 heteroatoms. The van der Waals surface area contributed by atoms with Gasteiger partial charge in [-0.1, -0.05) is 6.42 Å². The zero-order valence-corrected chi connectivity index (χ0v) is 11.3. The molecule has 3 nitrogen and oxygen atoms in total. The smallest absolute Gasteiger partial charge is 0.328 e. The van der Waals surface area contributed by atoms with Crippen molar-refractivity contribution in [3.05, 3.63) is 21.9 Å². The normalized spacial score (nSPS) is 18.9. The monoisotopic (exact) mass is 253 g/mol. The van der Waals surface area contributed by atoms with Crippen LogP contribution < -0.4 is 0 Å². The maximum Gasteiger partial charge on any atom is 0.328 e. The minimum atomic E-state index is -0.194. The van der Waals surface area contributed by atoms with Crippen LogP contribution in [0.25, 0.3) is 0 Å². The summed E-state index contributed by atoms with van der Waals surface area (Å²) >= 11 is 1.65. The summed E-state index contributed by atoms with van der Waals surface area (Å²) in [4.78, 5) is 15.4. The van der Waals surface area contributed by atoms with E-state index in [9.17, 15) is 4.79 Å². The summed E-state index contributed by atoms with van der Waals surface area (Å²) in [6, 6.07) is 1.88. The third-order valence-corrected chi connectivity index (χ3v) is 4.40. The average molecular weight is 253 g/mol. The summed E-state index contributed by atoms with van der Waals surface area (Å²) in [5.41, 5.74) is 1.19. The topological polar surface area (TPSA) is 29.5 Å². The summed E-state index contributed by atoms with van der Waals surface area (Å²) in [6.07, 6.45) is 3.63. The van der Waals surface area contributed by atoms with E-state index in [4.69, 9.17) is 4.74 Å². The van der Waals surface area contributed by atoms with Crippen molar-refractivity contribution in [2.75, 3.05) is 20.2 Å². The summed E-state index contributed by atoms with van der Waals surface area (Å²) in [7, 11) is 1.47. The van der Waals surface area contributed by atoms with Crippen LogP contribution in [0.5, 0.6) is 0 Å². The van der Waals surface area contributed by atoms with E-state index in [0.29, 0.717) is 0 Å². The highest BCUT2D eigenvalue weighted by Crippen LogP contribution is 2.31. The average Bonchev–Trinajstić information content (AvgIpc) is 2.77. The standard InChI is InChI=1S/C13H19NO2S/c1-10-6-9-17-12(10)11(13(15)16-2)14-7-4-3-5-8-14/h6,9,11H,3-5,7-8H2,1-2H3. The fourth-order valence-corrected chi connectivity index (χ4v) is 3.42. The van der Waals surface area contributed by atoms with Gasteiger partial charge >= 0.3 is 5.97 Å². The SMILES string of the molecule is COC(=O)C(c1sccc1C)N1CCCCC1. The lowest BCUT2D eigenvalue weighted by molar-refractivity contribution is -0.147. The number of ether oxygens (including phenoxy) is 1. The number of hydrogen-bond acceptors (Lipinski definition) is 4. The van der Waals surface area contributed by atoms with E-state index in [1.807, 2.05) is 5.38 Å². The van der Waals surface area contributed by atoms with Crippen molar-refractivity contribution in [1.29, 1.82) is 0 Å². The number of piperidine rings is 1. The summed E-state index contributed by atoms with van der Waals surface area (Å²) in [6.45, 7) is 4.06. The minimum absolute atomic E-state index is 0.127. The largest absolute Gasteiger partial charge is 0.468 e. The van der Waals surface area contributed by atoms with Gasteiger partial charge in [-0.3, -0.25) is 4.90 Å². The number of rotatable bonds is 3. The Morgan fingerprint density at radius 3 is 2.65 bits per heavy atom. The second kappa shape index (κ2) is 5.65. The van der Waals surface area contributed by atoms with Crippen LogP contribution in [0.4, 0.5) is 0 Å². The van der Waals surface area contributed by atoms with Crippen molar-refractivity contribution in [2.24, 2.45) is 0 Å². The molecule has 0 aromatic carbocycles. The Labute approximate surface area is 106 Å². The molecule has 1 unspecified atom stereocenters. The molecule has 94 valence electrons. The molecule has 17 heavy (non-hydrogen) atoms. The fraction of sp³-hybridized carbons (Fsp3) is 0.615. The van der Waals surface area contributed by atoms with E-state index in [-0.39, 0.29) is 12.0 Å². The number of likely N-dealkylation sites (tertiary alicyclic amines) is 1. The Bertz CT molecular complexity index is 383. The van der Waals surface area contributed by atoms with Crippen molar-refractivity contribution in [2.45, 2.75) is 32.2 Å². The summed E-state index contributed by atoms with van der Waals surface area (Å²) in [5, 5.41) is 2.05. The van der Waals surface area contributed by atoms with E-state index in [1.54, 1.807) is 11.3 Å². The van der Waals surface area contributed by atoms with Crippen molar-refractivity contribution in [3.63, 3.8) is 0 Å². The lowest BCUT2D eigenvalue weighted by Crippen LogP contribution is -2.38. The summed E-state index contributed by atoms with van der Waals surface area (Å²) < 4.78 is 4.97. The van der Waals surface area contributed by atoms with Crippen LogP contribution in [-0.4, -0.2) is 31.1 Å². The molecular formula is C13H19NO2S. The molecule has 0 spiro atoms. The first kappa shape index (κ1) is 12.6. The molecule has 1 aliphatic rings. The number of esters is 1. The predicted octanol–water partition coefficient (Wildman–Crippen LogP) is 2.76. The Morgan fingerprint density at radius 2 is 2.12 bits per heavy atom.